The summed E-state index contributed by atoms with van der Waals surface area (Å²) in [4.78, 5) is 14.0. The molecule has 0 aliphatic carbocycles. The number of nitrogens with zero attached hydrogens (tertiary/aromatic N) is 4. The van der Waals surface area contributed by atoms with Gasteiger partial charge in [-0.3, -0.25) is 5.10 Å². The molecule has 118 valence electrons. The fourth-order valence-electron chi connectivity index (χ4n) is 2.22. The van der Waals surface area contributed by atoms with Gasteiger partial charge in [0.1, 0.15) is 17.5 Å². The normalized spacial score (nSPS) is 11.4. The van der Waals surface area contributed by atoms with Crippen LogP contribution in [0, 0.1) is 0 Å². The van der Waals surface area contributed by atoms with E-state index in [4.69, 9.17) is 11.6 Å². The van der Waals surface area contributed by atoms with E-state index >= 15 is 0 Å². The number of halogens is 1. The van der Waals surface area contributed by atoms with Crippen molar-refractivity contribution in [3.8, 4) is 0 Å². The summed E-state index contributed by atoms with van der Waals surface area (Å²) in [6, 6.07) is 11.4. The van der Waals surface area contributed by atoms with Gasteiger partial charge in [-0.2, -0.15) is 5.10 Å². The average Bonchev–Trinajstić information content (AvgIpc) is 3.23. The highest BCUT2D eigenvalue weighted by Crippen LogP contribution is 2.30. The minimum atomic E-state index is 0.549. The number of aromatic amines is 1. The van der Waals surface area contributed by atoms with Crippen LogP contribution in [0.3, 0.4) is 0 Å². The third kappa shape index (κ3) is 2.99. The topological polar surface area (TPSA) is 78.9 Å². The first kappa shape index (κ1) is 14.8. The number of anilines is 2. The molecule has 0 fully saturated rings. The zero-order chi connectivity index (χ0) is 16.4. The maximum atomic E-state index is 6.03. The van der Waals surface area contributed by atoms with Gasteiger partial charge >= 0.3 is 0 Å². The lowest BCUT2D eigenvalue weighted by Crippen LogP contribution is -1.95. The van der Waals surface area contributed by atoms with Crippen LogP contribution in [0.5, 0.6) is 0 Å². The zero-order valence-electron chi connectivity index (χ0n) is 12.3. The van der Waals surface area contributed by atoms with Gasteiger partial charge in [-0.1, -0.05) is 23.7 Å². The Hall–Kier alpha value is -2.77. The lowest BCUT2D eigenvalue weighted by molar-refractivity contribution is 1.08. The number of H-pyrrole nitrogens is 1. The fourth-order valence-corrected chi connectivity index (χ4v) is 3.00. The molecule has 0 radical (unpaired) electrons. The lowest BCUT2D eigenvalue weighted by atomic mass is 10.3. The molecule has 4 aromatic rings. The van der Waals surface area contributed by atoms with Crippen LogP contribution >= 0.6 is 22.9 Å². The standard InChI is InChI=1S/C16H11ClN6S/c17-10-3-1-4-11(7-10)21-14-13-15(18-8-12-5-2-6-24-12)22-23-16(13)20-9-19-14/h1-9H,(H2,19,20,21,22,23)/b18-8+. The van der Waals surface area contributed by atoms with Crippen molar-refractivity contribution in [1.29, 1.82) is 0 Å². The third-order valence-corrected chi connectivity index (χ3v) is 4.33. The van der Waals surface area contributed by atoms with Gasteiger partial charge < -0.3 is 5.32 Å². The molecule has 8 heteroatoms. The molecule has 0 bridgehead atoms. The summed E-state index contributed by atoms with van der Waals surface area (Å²) in [6.07, 6.45) is 3.25. The molecular formula is C16H11ClN6S. The largest absolute Gasteiger partial charge is 0.339 e. The SMILES string of the molecule is Clc1cccc(Nc2ncnc3n[nH]c(/N=C/c4cccs4)c23)c1. The third-order valence-electron chi connectivity index (χ3n) is 3.28. The maximum absolute atomic E-state index is 6.03. The predicted octanol–water partition coefficient (Wildman–Crippen LogP) is 4.56. The first-order valence-electron chi connectivity index (χ1n) is 7.09. The number of rotatable bonds is 4. The van der Waals surface area contributed by atoms with Crippen molar-refractivity contribution in [3.63, 3.8) is 0 Å². The number of aromatic nitrogens is 4. The first-order valence-corrected chi connectivity index (χ1v) is 8.34. The van der Waals surface area contributed by atoms with E-state index in [1.807, 2.05) is 41.8 Å². The second-order valence-electron chi connectivity index (χ2n) is 4.90. The van der Waals surface area contributed by atoms with Gasteiger partial charge in [-0.05, 0) is 29.6 Å². The van der Waals surface area contributed by atoms with Crippen LogP contribution in [0.2, 0.25) is 5.02 Å². The summed E-state index contributed by atoms with van der Waals surface area (Å²) < 4.78 is 0. The van der Waals surface area contributed by atoms with Crippen molar-refractivity contribution < 1.29 is 0 Å². The number of hydrogen-bond acceptors (Lipinski definition) is 6. The number of benzene rings is 1. The molecular weight excluding hydrogens is 344 g/mol. The summed E-state index contributed by atoms with van der Waals surface area (Å²) in [7, 11) is 0. The molecule has 1 aromatic carbocycles. The summed E-state index contributed by atoms with van der Waals surface area (Å²) in [5.74, 6) is 1.22. The van der Waals surface area contributed by atoms with Crippen molar-refractivity contribution in [2.75, 3.05) is 5.32 Å². The summed E-state index contributed by atoms with van der Waals surface area (Å²) in [5.41, 5.74) is 1.38. The maximum Gasteiger partial charge on any atom is 0.188 e. The molecule has 0 aliphatic heterocycles. The molecule has 4 rings (SSSR count). The first-order chi connectivity index (χ1) is 11.8. The van der Waals surface area contributed by atoms with Crippen LogP contribution in [0.25, 0.3) is 11.0 Å². The van der Waals surface area contributed by atoms with E-state index in [0.29, 0.717) is 22.3 Å². The smallest absolute Gasteiger partial charge is 0.188 e. The van der Waals surface area contributed by atoms with Gasteiger partial charge in [0.15, 0.2) is 11.5 Å². The van der Waals surface area contributed by atoms with Crippen LogP contribution in [0.1, 0.15) is 4.88 Å². The van der Waals surface area contributed by atoms with E-state index in [0.717, 1.165) is 16.0 Å². The molecule has 0 spiro atoms. The van der Waals surface area contributed by atoms with Crippen molar-refractivity contribution in [1.82, 2.24) is 20.2 Å². The van der Waals surface area contributed by atoms with Crippen LogP contribution in [0.4, 0.5) is 17.3 Å². The Morgan fingerprint density at radius 1 is 1.21 bits per heavy atom. The fraction of sp³-hybridized carbons (Fsp3) is 0. The molecule has 0 saturated carbocycles. The molecule has 3 heterocycles. The van der Waals surface area contributed by atoms with Crippen molar-refractivity contribution in [3.05, 3.63) is 58.0 Å². The summed E-state index contributed by atoms with van der Waals surface area (Å²) in [6.45, 7) is 0. The van der Waals surface area contributed by atoms with E-state index in [1.165, 1.54) is 6.33 Å². The monoisotopic (exact) mass is 354 g/mol. The van der Waals surface area contributed by atoms with Crippen molar-refractivity contribution in [2.45, 2.75) is 0 Å². The van der Waals surface area contributed by atoms with Crippen molar-refractivity contribution in [2.24, 2.45) is 4.99 Å². The molecule has 0 amide bonds. The molecule has 3 aromatic heterocycles. The highest BCUT2D eigenvalue weighted by Gasteiger charge is 2.12. The Balaban J connectivity index is 1.74. The Morgan fingerprint density at radius 3 is 3.00 bits per heavy atom. The van der Waals surface area contributed by atoms with Gasteiger partial charge in [0.25, 0.3) is 0 Å². The molecule has 2 N–H and O–H groups in total. The second-order valence-corrected chi connectivity index (χ2v) is 6.32. The van der Waals surface area contributed by atoms with Crippen molar-refractivity contribution >= 4 is 57.5 Å². The Kier molecular flexibility index (Phi) is 3.94. The van der Waals surface area contributed by atoms with Crippen LogP contribution in [-0.4, -0.2) is 26.4 Å². The predicted molar refractivity (Wildman–Crippen MR) is 98.0 cm³/mol. The molecule has 0 unspecified atom stereocenters. The van der Waals surface area contributed by atoms with E-state index in [2.05, 4.69) is 30.5 Å². The van der Waals surface area contributed by atoms with E-state index < -0.39 is 0 Å². The van der Waals surface area contributed by atoms with E-state index in [9.17, 15) is 0 Å². The number of hydrogen-bond donors (Lipinski definition) is 2. The highest BCUT2D eigenvalue weighted by molar-refractivity contribution is 7.11. The number of thiophene rings is 1. The highest BCUT2D eigenvalue weighted by atomic mass is 35.5. The quantitative estimate of drug-likeness (QED) is 0.526. The van der Waals surface area contributed by atoms with Gasteiger partial charge in [0.2, 0.25) is 0 Å². The van der Waals surface area contributed by atoms with Gasteiger partial charge in [-0.15, -0.1) is 11.3 Å². The Morgan fingerprint density at radius 2 is 2.17 bits per heavy atom. The molecule has 0 atom stereocenters. The van der Waals surface area contributed by atoms with E-state index in [1.54, 1.807) is 17.6 Å². The minimum Gasteiger partial charge on any atom is -0.339 e. The molecule has 24 heavy (non-hydrogen) atoms. The number of aliphatic imine (C=N–C) groups is 1. The lowest BCUT2D eigenvalue weighted by Gasteiger charge is -2.06. The van der Waals surface area contributed by atoms with E-state index in [-0.39, 0.29) is 0 Å². The minimum absolute atomic E-state index is 0.549. The molecule has 0 aliphatic rings. The number of nitrogens with one attached hydrogen (secondary N) is 2. The average molecular weight is 355 g/mol. The van der Waals surface area contributed by atoms with Crippen LogP contribution in [0.15, 0.2) is 53.1 Å². The van der Waals surface area contributed by atoms with Crippen LogP contribution < -0.4 is 5.32 Å². The molecule has 6 nitrogen and oxygen atoms in total. The zero-order valence-corrected chi connectivity index (χ0v) is 13.8. The summed E-state index contributed by atoms with van der Waals surface area (Å²) in [5, 5.41) is 13.7. The van der Waals surface area contributed by atoms with Crippen LogP contribution in [-0.2, 0) is 0 Å². The second kappa shape index (κ2) is 6.38. The van der Waals surface area contributed by atoms with Gasteiger partial charge in [-0.25, -0.2) is 15.0 Å². The van der Waals surface area contributed by atoms with Gasteiger partial charge in [0.05, 0.1) is 0 Å². The van der Waals surface area contributed by atoms with Gasteiger partial charge in [0, 0.05) is 21.8 Å². The Bertz CT molecular complexity index is 1010. The number of fused-ring (bicyclic) bond motifs is 1. The summed E-state index contributed by atoms with van der Waals surface area (Å²) >= 11 is 7.65. The Labute approximate surface area is 146 Å². The molecule has 0 saturated heterocycles.